The zero-order chi connectivity index (χ0) is 13.4. The van der Waals surface area contributed by atoms with Crippen LogP contribution in [-0.4, -0.2) is 43.3 Å². The Bertz CT molecular complexity index is 403. The van der Waals surface area contributed by atoms with Gasteiger partial charge in [0.05, 0.1) is 16.0 Å². The smallest absolute Gasteiger partial charge is 0.311 e. The molecule has 1 rings (SSSR count). The molecule has 7 nitrogen and oxygen atoms in total. The van der Waals surface area contributed by atoms with Crippen LogP contribution >= 0.6 is 15.9 Å². The number of nitrogens with zero attached hydrogens (tertiary/aromatic N) is 2. The van der Waals surface area contributed by atoms with Gasteiger partial charge in [0.1, 0.15) is 11.9 Å². The zero-order valence-corrected chi connectivity index (χ0v) is 11.6. The van der Waals surface area contributed by atoms with E-state index in [0.717, 1.165) is 6.54 Å². The number of aromatic nitrogens is 1. The molecule has 0 aliphatic heterocycles. The molecule has 1 aromatic rings. The summed E-state index contributed by atoms with van der Waals surface area (Å²) >= 11 is 3.24. The molecule has 1 heterocycles. The minimum Gasteiger partial charge on any atom is -0.383 e. The second kappa shape index (κ2) is 7.96. The molecule has 0 bridgehead atoms. The van der Waals surface area contributed by atoms with Crippen LogP contribution in [0.2, 0.25) is 0 Å². The monoisotopic (exact) mass is 318 g/mol. The Balaban J connectivity index is 2.48. The first-order valence-electron chi connectivity index (χ1n) is 5.38. The predicted molar refractivity (Wildman–Crippen MR) is 71.8 cm³/mol. The number of nitro groups is 1. The Morgan fingerprint density at radius 1 is 1.44 bits per heavy atom. The maximum Gasteiger partial charge on any atom is 0.311 e. The van der Waals surface area contributed by atoms with Crippen LogP contribution in [0, 0.1) is 10.1 Å². The van der Waals surface area contributed by atoms with Gasteiger partial charge in [-0.25, -0.2) is 0 Å². The highest BCUT2D eigenvalue weighted by atomic mass is 79.9. The average Bonchev–Trinajstić information content (AvgIpc) is 2.34. The summed E-state index contributed by atoms with van der Waals surface area (Å²) in [6, 6.07) is 0. The van der Waals surface area contributed by atoms with Gasteiger partial charge in [0, 0.05) is 32.9 Å². The van der Waals surface area contributed by atoms with E-state index in [9.17, 15) is 10.1 Å². The summed E-state index contributed by atoms with van der Waals surface area (Å²) in [6.45, 7) is 2.65. The number of pyridine rings is 1. The molecule has 0 aliphatic rings. The van der Waals surface area contributed by atoms with Crippen molar-refractivity contribution in [3.63, 3.8) is 0 Å². The third-order valence-electron chi connectivity index (χ3n) is 2.16. The highest BCUT2D eigenvalue weighted by Crippen LogP contribution is 2.30. The Labute approximate surface area is 113 Å². The van der Waals surface area contributed by atoms with Crippen LogP contribution < -0.4 is 10.6 Å². The Morgan fingerprint density at radius 2 is 2.22 bits per heavy atom. The van der Waals surface area contributed by atoms with Gasteiger partial charge in [0.2, 0.25) is 0 Å². The molecule has 0 saturated carbocycles. The van der Waals surface area contributed by atoms with Crippen LogP contribution in [0.3, 0.4) is 0 Å². The molecular formula is C10H15BrN4O3. The largest absolute Gasteiger partial charge is 0.383 e. The lowest BCUT2D eigenvalue weighted by Crippen LogP contribution is -2.25. The minimum atomic E-state index is -0.460. The highest BCUT2D eigenvalue weighted by Gasteiger charge is 2.16. The van der Waals surface area contributed by atoms with E-state index in [1.54, 1.807) is 7.11 Å². The molecule has 0 spiro atoms. The van der Waals surface area contributed by atoms with E-state index in [1.165, 1.54) is 12.4 Å². The summed E-state index contributed by atoms with van der Waals surface area (Å²) in [4.78, 5) is 14.1. The van der Waals surface area contributed by atoms with Gasteiger partial charge in [-0.15, -0.1) is 0 Å². The normalized spacial score (nSPS) is 10.3. The molecule has 0 amide bonds. The van der Waals surface area contributed by atoms with E-state index in [0.29, 0.717) is 29.9 Å². The van der Waals surface area contributed by atoms with E-state index in [-0.39, 0.29) is 5.69 Å². The number of ether oxygens (including phenoxy) is 1. The van der Waals surface area contributed by atoms with E-state index in [2.05, 4.69) is 31.5 Å². The van der Waals surface area contributed by atoms with E-state index in [1.807, 2.05) is 0 Å². The van der Waals surface area contributed by atoms with E-state index in [4.69, 9.17) is 4.74 Å². The maximum absolute atomic E-state index is 10.8. The van der Waals surface area contributed by atoms with Crippen molar-refractivity contribution >= 4 is 27.3 Å². The molecule has 0 saturated heterocycles. The van der Waals surface area contributed by atoms with Crippen molar-refractivity contribution < 1.29 is 9.66 Å². The minimum absolute atomic E-state index is 0.0405. The summed E-state index contributed by atoms with van der Waals surface area (Å²) in [6.07, 6.45) is 2.75. The van der Waals surface area contributed by atoms with Crippen molar-refractivity contribution in [2.45, 2.75) is 0 Å². The molecule has 0 aromatic carbocycles. The summed E-state index contributed by atoms with van der Waals surface area (Å²) in [7, 11) is 1.64. The van der Waals surface area contributed by atoms with Crippen molar-refractivity contribution in [1.82, 2.24) is 10.3 Å². The predicted octanol–water partition coefficient (Wildman–Crippen LogP) is 1.40. The van der Waals surface area contributed by atoms with Gasteiger partial charge in [-0.3, -0.25) is 15.1 Å². The van der Waals surface area contributed by atoms with Crippen LogP contribution in [0.15, 0.2) is 16.9 Å². The summed E-state index contributed by atoms with van der Waals surface area (Å²) in [5, 5.41) is 17.0. The highest BCUT2D eigenvalue weighted by molar-refractivity contribution is 9.10. The summed E-state index contributed by atoms with van der Waals surface area (Å²) in [5.41, 5.74) is 0.407. The second-order valence-electron chi connectivity index (χ2n) is 3.44. The number of hydrogen-bond acceptors (Lipinski definition) is 6. The van der Waals surface area contributed by atoms with Gasteiger partial charge in [0.25, 0.3) is 0 Å². The number of halogens is 1. The fourth-order valence-corrected chi connectivity index (χ4v) is 1.77. The van der Waals surface area contributed by atoms with Crippen molar-refractivity contribution in [3.8, 4) is 0 Å². The fourth-order valence-electron chi connectivity index (χ4n) is 1.31. The summed E-state index contributed by atoms with van der Waals surface area (Å²) in [5.74, 6) is 0. The van der Waals surface area contributed by atoms with Crippen molar-refractivity contribution in [1.29, 1.82) is 0 Å². The first kappa shape index (κ1) is 14.8. The molecule has 8 heteroatoms. The second-order valence-corrected chi connectivity index (χ2v) is 4.30. The molecule has 0 radical (unpaired) electrons. The average molecular weight is 319 g/mol. The lowest BCUT2D eigenvalue weighted by atomic mass is 10.3. The lowest BCUT2D eigenvalue weighted by Gasteiger charge is -2.09. The number of nitrogens with one attached hydrogen (secondary N) is 2. The molecule has 0 aliphatic carbocycles. The molecule has 0 fully saturated rings. The summed E-state index contributed by atoms with van der Waals surface area (Å²) < 4.78 is 5.47. The third kappa shape index (κ3) is 4.55. The SMILES string of the molecule is COCCNCCNc1c(Br)cncc1[N+](=O)[O-]. The molecule has 1 aromatic heterocycles. The zero-order valence-electron chi connectivity index (χ0n) is 9.98. The Kier molecular flexibility index (Phi) is 6.55. The fraction of sp³-hybridized carbons (Fsp3) is 0.500. The van der Waals surface area contributed by atoms with Crippen molar-refractivity contribution in [2.24, 2.45) is 0 Å². The van der Waals surface area contributed by atoms with Gasteiger partial charge in [-0.1, -0.05) is 0 Å². The van der Waals surface area contributed by atoms with Gasteiger partial charge in [0.15, 0.2) is 0 Å². The molecule has 100 valence electrons. The number of anilines is 1. The van der Waals surface area contributed by atoms with E-state index < -0.39 is 4.92 Å². The number of hydrogen-bond donors (Lipinski definition) is 2. The quantitative estimate of drug-likeness (QED) is 0.428. The van der Waals surface area contributed by atoms with Gasteiger partial charge in [-0.2, -0.15) is 0 Å². The van der Waals surface area contributed by atoms with E-state index >= 15 is 0 Å². The van der Waals surface area contributed by atoms with Crippen molar-refractivity contribution in [3.05, 3.63) is 27.0 Å². The topological polar surface area (TPSA) is 89.3 Å². The number of rotatable bonds is 8. The molecular weight excluding hydrogens is 304 g/mol. The maximum atomic E-state index is 10.8. The molecule has 0 unspecified atom stereocenters. The third-order valence-corrected chi connectivity index (χ3v) is 2.76. The molecule has 2 N–H and O–H groups in total. The first-order valence-corrected chi connectivity index (χ1v) is 6.17. The Morgan fingerprint density at radius 3 is 2.89 bits per heavy atom. The first-order chi connectivity index (χ1) is 8.66. The Hall–Kier alpha value is -1.25. The van der Waals surface area contributed by atoms with Gasteiger partial charge >= 0.3 is 5.69 Å². The van der Waals surface area contributed by atoms with Crippen LogP contribution in [0.1, 0.15) is 0 Å². The molecule has 0 atom stereocenters. The van der Waals surface area contributed by atoms with Crippen LogP contribution in [0.4, 0.5) is 11.4 Å². The van der Waals surface area contributed by atoms with Gasteiger partial charge < -0.3 is 15.4 Å². The van der Waals surface area contributed by atoms with Gasteiger partial charge in [-0.05, 0) is 15.9 Å². The van der Waals surface area contributed by atoms with Crippen molar-refractivity contribution in [2.75, 3.05) is 38.7 Å². The number of methoxy groups -OCH3 is 1. The molecule has 18 heavy (non-hydrogen) atoms. The van der Waals surface area contributed by atoms with Crippen LogP contribution in [0.5, 0.6) is 0 Å². The van der Waals surface area contributed by atoms with Crippen LogP contribution in [0.25, 0.3) is 0 Å². The lowest BCUT2D eigenvalue weighted by molar-refractivity contribution is -0.384. The standard InChI is InChI=1S/C10H15BrN4O3/c1-18-5-4-12-2-3-14-10-8(11)6-13-7-9(10)15(16)17/h6-7,12H,2-5H2,1H3,(H,13,14). The van der Waals surface area contributed by atoms with Crippen LogP contribution in [-0.2, 0) is 4.74 Å².